The Morgan fingerprint density at radius 1 is 1.20 bits per heavy atom. The number of ether oxygens (including phenoxy) is 1. The number of rotatable bonds is 5. The van der Waals surface area contributed by atoms with Gasteiger partial charge in [0, 0.05) is 18.2 Å². The normalized spacial score (nSPS) is 10.3. The first kappa shape index (κ1) is 14.0. The van der Waals surface area contributed by atoms with E-state index >= 15 is 0 Å². The van der Waals surface area contributed by atoms with E-state index in [4.69, 9.17) is 10.5 Å². The number of nitro benzene ring substituents is 1. The van der Waals surface area contributed by atoms with Crippen LogP contribution in [-0.4, -0.2) is 4.92 Å². The highest BCUT2D eigenvalue weighted by Crippen LogP contribution is 2.23. The zero-order valence-electron chi connectivity index (χ0n) is 10.6. The average Bonchev–Trinajstić information content (AvgIpc) is 2.45. The molecule has 0 amide bonds. The first-order valence-electron chi connectivity index (χ1n) is 5.95. The van der Waals surface area contributed by atoms with E-state index in [1.165, 1.54) is 0 Å². The Bertz CT molecular complexity index is 632. The molecule has 0 saturated carbocycles. The van der Waals surface area contributed by atoms with Crippen molar-refractivity contribution in [1.29, 1.82) is 0 Å². The predicted octanol–water partition coefficient (Wildman–Crippen LogP) is 2.77. The van der Waals surface area contributed by atoms with Gasteiger partial charge in [0.25, 0.3) is 5.69 Å². The van der Waals surface area contributed by atoms with Crippen LogP contribution in [0.3, 0.4) is 0 Å². The van der Waals surface area contributed by atoms with Crippen LogP contribution in [0.5, 0.6) is 5.75 Å². The zero-order chi connectivity index (χ0) is 14.5. The minimum atomic E-state index is -0.563. The minimum absolute atomic E-state index is 0.0922. The van der Waals surface area contributed by atoms with Crippen molar-refractivity contribution in [2.75, 3.05) is 0 Å². The number of halogens is 1. The van der Waals surface area contributed by atoms with Crippen molar-refractivity contribution in [3.8, 4) is 5.75 Å². The van der Waals surface area contributed by atoms with Gasteiger partial charge >= 0.3 is 0 Å². The van der Waals surface area contributed by atoms with Crippen molar-refractivity contribution >= 4 is 5.69 Å². The predicted molar refractivity (Wildman–Crippen MR) is 71.7 cm³/mol. The van der Waals surface area contributed by atoms with Gasteiger partial charge in [-0.2, -0.15) is 0 Å². The van der Waals surface area contributed by atoms with E-state index in [2.05, 4.69) is 0 Å². The third-order valence-electron chi connectivity index (χ3n) is 2.81. The lowest BCUT2D eigenvalue weighted by molar-refractivity contribution is -0.385. The number of nitrogens with zero attached hydrogens (tertiary/aromatic N) is 1. The second kappa shape index (κ2) is 6.12. The van der Waals surface area contributed by atoms with Crippen LogP contribution in [-0.2, 0) is 13.2 Å². The molecule has 2 aromatic rings. The first-order chi connectivity index (χ1) is 9.61. The number of para-hydroxylation sites is 1. The molecule has 104 valence electrons. The zero-order valence-corrected chi connectivity index (χ0v) is 10.6. The van der Waals surface area contributed by atoms with Gasteiger partial charge in [-0.05, 0) is 18.2 Å². The lowest BCUT2D eigenvalue weighted by atomic mass is 10.1. The second-order valence-corrected chi connectivity index (χ2v) is 4.13. The molecule has 0 saturated heterocycles. The van der Waals surface area contributed by atoms with Crippen LogP contribution in [0.1, 0.15) is 11.1 Å². The van der Waals surface area contributed by atoms with Gasteiger partial charge in [-0.15, -0.1) is 0 Å². The third-order valence-corrected chi connectivity index (χ3v) is 2.81. The van der Waals surface area contributed by atoms with E-state index < -0.39 is 10.7 Å². The summed E-state index contributed by atoms with van der Waals surface area (Å²) in [5.74, 6) is -0.00475. The highest BCUT2D eigenvalue weighted by atomic mass is 19.1. The fourth-order valence-corrected chi connectivity index (χ4v) is 1.82. The summed E-state index contributed by atoms with van der Waals surface area (Å²) in [5.41, 5.74) is 6.37. The van der Waals surface area contributed by atoms with Gasteiger partial charge in [-0.25, -0.2) is 4.39 Å². The first-order valence-corrected chi connectivity index (χ1v) is 5.95. The Morgan fingerprint density at radius 3 is 2.65 bits per heavy atom. The van der Waals surface area contributed by atoms with Gasteiger partial charge in [-0.1, -0.05) is 18.2 Å². The number of nitrogens with two attached hydrogens (primary N) is 1. The van der Waals surface area contributed by atoms with E-state index in [0.717, 1.165) is 23.8 Å². The molecule has 0 fully saturated rings. The van der Waals surface area contributed by atoms with E-state index in [1.54, 1.807) is 18.2 Å². The quantitative estimate of drug-likeness (QED) is 0.672. The Hall–Kier alpha value is -2.47. The summed E-state index contributed by atoms with van der Waals surface area (Å²) in [6, 6.07) is 10.4. The van der Waals surface area contributed by atoms with E-state index in [0.29, 0.717) is 12.3 Å². The molecule has 2 aromatic carbocycles. The monoisotopic (exact) mass is 276 g/mol. The maximum atomic E-state index is 13.2. The van der Waals surface area contributed by atoms with Crippen LogP contribution in [0.2, 0.25) is 0 Å². The van der Waals surface area contributed by atoms with Crippen molar-refractivity contribution < 1.29 is 14.1 Å². The highest BCUT2D eigenvalue weighted by molar-refractivity contribution is 5.41. The summed E-state index contributed by atoms with van der Waals surface area (Å²) in [5, 5.41) is 10.9. The highest BCUT2D eigenvalue weighted by Gasteiger charge is 2.15. The summed E-state index contributed by atoms with van der Waals surface area (Å²) in [6.07, 6.45) is 0. The molecule has 0 bridgehead atoms. The van der Waals surface area contributed by atoms with Crippen LogP contribution in [0.25, 0.3) is 0 Å². The molecule has 0 heterocycles. The van der Waals surface area contributed by atoms with Crippen molar-refractivity contribution in [1.82, 2.24) is 0 Å². The molecule has 0 radical (unpaired) electrons. The third kappa shape index (κ3) is 3.10. The van der Waals surface area contributed by atoms with Crippen LogP contribution >= 0.6 is 0 Å². The minimum Gasteiger partial charge on any atom is -0.488 e. The summed E-state index contributed by atoms with van der Waals surface area (Å²) in [7, 11) is 0. The summed E-state index contributed by atoms with van der Waals surface area (Å²) >= 11 is 0. The Kier molecular flexibility index (Phi) is 4.27. The molecule has 0 aliphatic heterocycles. The second-order valence-electron chi connectivity index (χ2n) is 4.13. The Morgan fingerprint density at radius 2 is 1.95 bits per heavy atom. The van der Waals surface area contributed by atoms with Gasteiger partial charge in [0.2, 0.25) is 0 Å². The Balaban J connectivity index is 2.22. The number of benzene rings is 2. The van der Waals surface area contributed by atoms with Gasteiger partial charge in [0.1, 0.15) is 18.2 Å². The molecule has 0 spiro atoms. The van der Waals surface area contributed by atoms with E-state index in [-0.39, 0.29) is 17.9 Å². The molecule has 0 aliphatic rings. The molecule has 2 N–H and O–H groups in total. The molecular formula is C14H13FN2O3. The number of nitro groups is 1. The number of hydrogen-bond donors (Lipinski definition) is 1. The average molecular weight is 276 g/mol. The number of hydrogen-bond acceptors (Lipinski definition) is 4. The van der Waals surface area contributed by atoms with Crippen LogP contribution in [0.4, 0.5) is 10.1 Å². The van der Waals surface area contributed by atoms with E-state index in [9.17, 15) is 14.5 Å². The van der Waals surface area contributed by atoms with Crippen LogP contribution in [0, 0.1) is 15.9 Å². The molecular weight excluding hydrogens is 263 g/mol. The van der Waals surface area contributed by atoms with Gasteiger partial charge < -0.3 is 10.5 Å². The van der Waals surface area contributed by atoms with Crippen molar-refractivity contribution in [3.63, 3.8) is 0 Å². The molecule has 5 nitrogen and oxygen atoms in total. The van der Waals surface area contributed by atoms with Crippen LogP contribution in [0.15, 0.2) is 42.5 Å². The van der Waals surface area contributed by atoms with E-state index in [1.807, 2.05) is 6.07 Å². The van der Waals surface area contributed by atoms with Gasteiger partial charge in [0.15, 0.2) is 0 Å². The molecule has 2 rings (SSSR count). The van der Waals surface area contributed by atoms with Gasteiger partial charge in [-0.3, -0.25) is 10.1 Å². The Labute approximate surface area is 114 Å². The lowest BCUT2D eigenvalue weighted by Gasteiger charge is -2.10. The largest absolute Gasteiger partial charge is 0.488 e. The molecule has 0 atom stereocenters. The van der Waals surface area contributed by atoms with Crippen molar-refractivity contribution in [3.05, 3.63) is 69.5 Å². The molecule has 6 heteroatoms. The topological polar surface area (TPSA) is 78.4 Å². The maximum absolute atomic E-state index is 13.2. The molecule has 0 aliphatic carbocycles. The standard InChI is InChI=1S/C14H13FN2O3/c15-12-5-6-13(17(18)19)11(7-12)9-20-14-4-2-1-3-10(14)8-16/h1-7H,8-9,16H2. The summed E-state index contributed by atoms with van der Waals surface area (Å²) < 4.78 is 18.7. The molecule has 0 unspecified atom stereocenters. The van der Waals surface area contributed by atoms with Crippen LogP contribution < -0.4 is 10.5 Å². The SMILES string of the molecule is NCc1ccccc1OCc1cc(F)ccc1[N+](=O)[O-]. The van der Waals surface area contributed by atoms with Crippen molar-refractivity contribution in [2.45, 2.75) is 13.2 Å². The maximum Gasteiger partial charge on any atom is 0.276 e. The van der Waals surface area contributed by atoms with Crippen molar-refractivity contribution in [2.24, 2.45) is 5.73 Å². The lowest BCUT2D eigenvalue weighted by Crippen LogP contribution is -2.04. The van der Waals surface area contributed by atoms with Gasteiger partial charge in [0.05, 0.1) is 10.5 Å². The summed E-state index contributed by atoms with van der Waals surface area (Å²) in [4.78, 5) is 10.3. The molecule has 20 heavy (non-hydrogen) atoms. The smallest absolute Gasteiger partial charge is 0.276 e. The molecule has 0 aromatic heterocycles. The fourth-order valence-electron chi connectivity index (χ4n) is 1.82. The summed E-state index contributed by atoms with van der Waals surface area (Å²) in [6.45, 7) is 0.201. The fraction of sp³-hybridized carbons (Fsp3) is 0.143.